The van der Waals surface area contributed by atoms with E-state index >= 15 is 0 Å². The molecular formula is C11H18N2O5S2. The van der Waals surface area contributed by atoms with Crippen molar-refractivity contribution >= 4 is 20.0 Å². The molecule has 2 N–H and O–H groups in total. The molecule has 0 aliphatic heterocycles. The van der Waals surface area contributed by atoms with Crippen molar-refractivity contribution in [3.8, 4) is 0 Å². The first-order chi connectivity index (χ1) is 9.23. The van der Waals surface area contributed by atoms with Crippen molar-refractivity contribution in [3.63, 3.8) is 0 Å². The van der Waals surface area contributed by atoms with E-state index in [1.54, 1.807) is 6.92 Å². The van der Waals surface area contributed by atoms with E-state index in [1.807, 2.05) is 0 Å². The van der Waals surface area contributed by atoms with E-state index in [4.69, 9.17) is 9.88 Å². The first kappa shape index (κ1) is 17.1. The van der Waals surface area contributed by atoms with E-state index in [-0.39, 0.29) is 29.5 Å². The Hall–Kier alpha value is -1.00. The van der Waals surface area contributed by atoms with Gasteiger partial charge in [-0.2, -0.15) is 4.31 Å². The van der Waals surface area contributed by atoms with Crippen LogP contribution in [-0.2, 0) is 24.8 Å². The zero-order valence-electron chi connectivity index (χ0n) is 11.3. The Balaban J connectivity index is 3.21. The van der Waals surface area contributed by atoms with E-state index in [2.05, 4.69) is 0 Å². The number of primary sulfonamides is 1. The first-order valence-corrected chi connectivity index (χ1v) is 8.84. The molecule has 0 spiro atoms. The topological polar surface area (TPSA) is 107 Å². The Morgan fingerprint density at radius 2 is 1.80 bits per heavy atom. The number of hydrogen-bond acceptors (Lipinski definition) is 5. The van der Waals surface area contributed by atoms with Crippen LogP contribution >= 0.6 is 0 Å². The van der Waals surface area contributed by atoms with Crippen LogP contribution in [0.2, 0.25) is 0 Å². The van der Waals surface area contributed by atoms with Crippen molar-refractivity contribution in [2.75, 3.05) is 26.8 Å². The minimum absolute atomic E-state index is 0.109. The second kappa shape index (κ2) is 6.64. The maximum absolute atomic E-state index is 12.4. The number of likely N-dealkylation sites (N-methyl/N-ethyl adjacent to an activating group) is 1. The summed E-state index contributed by atoms with van der Waals surface area (Å²) in [7, 11) is -6.24. The van der Waals surface area contributed by atoms with Gasteiger partial charge in [0.1, 0.15) is 0 Å². The van der Waals surface area contributed by atoms with Crippen molar-refractivity contribution in [2.45, 2.75) is 16.7 Å². The lowest BCUT2D eigenvalue weighted by atomic mass is 10.4. The van der Waals surface area contributed by atoms with Gasteiger partial charge in [-0.1, -0.05) is 13.0 Å². The van der Waals surface area contributed by atoms with Gasteiger partial charge in [-0.15, -0.1) is 0 Å². The lowest BCUT2D eigenvalue weighted by Gasteiger charge is -2.20. The predicted molar refractivity (Wildman–Crippen MR) is 74.1 cm³/mol. The van der Waals surface area contributed by atoms with Crippen molar-refractivity contribution < 1.29 is 21.6 Å². The minimum Gasteiger partial charge on any atom is -0.383 e. The van der Waals surface area contributed by atoms with E-state index in [0.29, 0.717) is 0 Å². The number of benzene rings is 1. The average Bonchev–Trinajstić information content (AvgIpc) is 2.38. The van der Waals surface area contributed by atoms with Gasteiger partial charge in [0.05, 0.1) is 16.4 Å². The molecule has 0 saturated carbocycles. The summed E-state index contributed by atoms with van der Waals surface area (Å²) in [6.07, 6.45) is 0. The molecule has 0 saturated heterocycles. The molecule has 0 radical (unpaired) electrons. The van der Waals surface area contributed by atoms with Gasteiger partial charge in [0.2, 0.25) is 20.0 Å². The van der Waals surface area contributed by atoms with E-state index in [0.717, 1.165) is 6.07 Å². The lowest BCUT2D eigenvalue weighted by molar-refractivity contribution is 0.180. The summed E-state index contributed by atoms with van der Waals surface area (Å²) in [4.78, 5) is -0.344. The van der Waals surface area contributed by atoms with E-state index in [1.165, 1.54) is 29.6 Å². The monoisotopic (exact) mass is 322 g/mol. The summed E-state index contributed by atoms with van der Waals surface area (Å²) < 4.78 is 53.4. The zero-order valence-corrected chi connectivity index (χ0v) is 12.9. The van der Waals surface area contributed by atoms with Crippen LogP contribution in [0.15, 0.2) is 34.1 Å². The molecule has 9 heteroatoms. The third kappa shape index (κ3) is 4.00. The number of sulfonamides is 2. The van der Waals surface area contributed by atoms with Gasteiger partial charge in [-0.05, 0) is 18.2 Å². The van der Waals surface area contributed by atoms with Crippen LogP contribution in [0.25, 0.3) is 0 Å². The SMILES string of the molecule is CCN(CCOC)S(=O)(=O)c1cccc(S(N)(=O)=O)c1. The van der Waals surface area contributed by atoms with Gasteiger partial charge in [-0.25, -0.2) is 22.0 Å². The number of nitrogens with zero attached hydrogens (tertiary/aromatic N) is 1. The number of rotatable bonds is 7. The van der Waals surface area contributed by atoms with E-state index < -0.39 is 20.0 Å². The molecule has 0 fully saturated rings. The molecule has 20 heavy (non-hydrogen) atoms. The Morgan fingerprint density at radius 1 is 1.20 bits per heavy atom. The fourth-order valence-electron chi connectivity index (χ4n) is 1.60. The largest absolute Gasteiger partial charge is 0.383 e. The van der Waals surface area contributed by atoms with Gasteiger partial charge >= 0.3 is 0 Å². The second-order valence-corrected chi connectivity index (χ2v) is 7.51. The van der Waals surface area contributed by atoms with Crippen LogP contribution in [0.3, 0.4) is 0 Å². The Labute approximate surface area is 119 Å². The Morgan fingerprint density at radius 3 is 2.30 bits per heavy atom. The van der Waals surface area contributed by atoms with Crippen LogP contribution in [0.1, 0.15) is 6.92 Å². The molecule has 1 aromatic carbocycles. The number of nitrogens with two attached hydrogens (primary N) is 1. The van der Waals surface area contributed by atoms with Gasteiger partial charge in [-0.3, -0.25) is 0 Å². The van der Waals surface area contributed by atoms with Crippen LogP contribution in [-0.4, -0.2) is 47.9 Å². The molecule has 1 rings (SSSR count). The van der Waals surface area contributed by atoms with Gasteiger partial charge in [0.25, 0.3) is 0 Å². The summed E-state index contributed by atoms with van der Waals surface area (Å²) >= 11 is 0. The molecule has 0 heterocycles. The van der Waals surface area contributed by atoms with Crippen molar-refractivity contribution in [3.05, 3.63) is 24.3 Å². The molecule has 0 aliphatic rings. The van der Waals surface area contributed by atoms with Crippen LogP contribution < -0.4 is 5.14 Å². The molecule has 1 aromatic rings. The summed E-state index contributed by atoms with van der Waals surface area (Å²) in [5.41, 5.74) is 0. The minimum atomic E-state index is -3.94. The fraction of sp³-hybridized carbons (Fsp3) is 0.455. The number of methoxy groups -OCH3 is 1. The molecule has 114 valence electrons. The third-order valence-electron chi connectivity index (χ3n) is 2.67. The average molecular weight is 322 g/mol. The zero-order chi connectivity index (χ0) is 15.4. The van der Waals surface area contributed by atoms with Gasteiger partial charge in [0.15, 0.2) is 0 Å². The molecule has 0 bridgehead atoms. The molecule has 7 nitrogen and oxygen atoms in total. The van der Waals surface area contributed by atoms with Gasteiger partial charge in [0, 0.05) is 20.2 Å². The second-order valence-electron chi connectivity index (χ2n) is 4.01. The summed E-state index contributed by atoms with van der Waals surface area (Å²) in [6, 6.07) is 4.98. The Kier molecular flexibility index (Phi) is 5.66. The van der Waals surface area contributed by atoms with Crippen LogP contribution in [0.5, 0.6) is 0 Å². The molecule has 0 atom stereocenters. The summed E-state index contributed by atoms with van der Waals surface area (Å²) in [6.45, 7) is 2.39. The third-order valence-corrected chi connectivity index (χ3v) is 5.55. The highest BCUT2D eigenvalue weighted by Crippen LogP contribution is 2.18. The van der Waals surface area contributed by atoms with Crippen LogP contribution in [0, 0.1) is 0 Å². The normalized spacial score (nSPS) is 12.8. The molecule has 0 aliphatic carbocycles. The highest BCUT2D eigenvalue weighted by Gasteiger charge is 2.24. The van der Waals surface area contributed by atoms with Crippen molar-refractivity contribution in [2.24, 2.45) is 5.14 Å². The number of hydrogen-bond donors (Lipinski definition) is 1. The highest BCUT2D eigenvalue weighted by atomic mass is 32.2. The highest BCUT2D eigenvalue weighted by molar-refractivity contribution is 7.90. The van der Waals surface area contributed by atoms with Crippen molar-refractivity contribution in [1.82, 2.24) is 4.31 Å². The number of ether oxygens (including phenoxy) is 1. The van der Waals surface area contributed by atoms with Crippen LogP contribution in [0.4, 0.5) is 0 Å². The summed E-state index contributed by atoms with van der Waals surface area (Å²) in [5.74, 6) is 0. The Bertz CT molecular complexity index is 655. The predicted octanol–water partition coefficient (Wildman–Crippen LogP) is -0.00900. The maximum Gasteiger partial charge on any atom is 0.243 e. The standard InChI is InChI=1S/C11H18N2O5S2/c1-3-13(7-8-18-2)20(16,17)11-6-4-5-10(9-11)19(12,14)15/h4-6,9H,3,7-8H2,1-2H3,(H2,12,14,15). The molecule has 0 unspecified atom stereocenters. The van der Waals surface area contributed by atoms with E-state index in [9.17, 15) is 16.8 Å². The quantitative estimate of drug-likeness (QED) is 0.760. The summed E-state index contributed by atoms with van der Waals surface area (Å²) in [5, 5.41) is 5.00. The van der Waals surface area contributed by atoms with Crippen molar-refractivity contribution in [1.29, 1.82) is 0 Å². The fourth-order valence-corrected chi connectivity index (χ4v) is 3.72. The van der Waals surface area contributed by atoms with Gasteiger partial charge < -0.3 is 4.74 Å². The smallest absolute Gasteiger partial charge is 0.243 e. The molecule has 0 amide bonds. The lowest BCUT2D eigenvalue weighted by Crippen LogP contribution is -2.33. The maximum atomic E-state index is 12.4. The first-order valence-electron chi connectivity index (χ1n) is 5.85. The molecule has 0 aromatic heterocycles. The molecular weight excluding hydrogens is 304 g/mol.